The van der Waals surface area contributed by atoms with Crippen LogP contribution in [-0.2, 0) is 44.7 Å². The van der Waals surface area contributed by atoms with E-state index in [4.69, 9.17) is 30.8 Å². The van der Waals surface area contributed by atoms with Gasteiger partial charge < -0.3 is 30.3 Å². The summed E-state index contributed by atoms with van der Waals surface area (Å²) in [5.74, 6) is 6.85. The van der Waals surface area contributed by atoms with Crippen molar-refractivity contribution < 1.29 is 61.2 Å². The molecule has 0 unspecified atom stereocenters. The monoisotopic (exact) mass is 1120 g/mol. The second-order valence-electron chi connectivity index (χ2n) is 17.7. The number of carbonyl (C=O) groups is 3. The van der Waals surface area contributed by atoms with Gasteiger partial charge in [0.25, 0.3) is 19.4 Å². The van der Waals surface area contributed by atoms with Crippen molar-refractivity contribution in [1.29, 1.82) is 5.41 Å². The van der Waals surface area contributed by atoms with Crippen molar-refractivity contribution in [1.82, 2.24) is 19.9 Å². The van der Waals surface area contributed by atoms with E-state index in [9.17, 15) is 27.6 Å². The molecule has 14 nitrogen and oxygen atoms in total. The Morgan fingerprint density at radius 2 is 0.987 bits per heavy atom. The van der Waals surface area contributed by atoms with Gasteiger partial charge in [-0.15, -0.1) is 5.70 Å². The summed E-state index contributed by atoms with van der Waals surface area (Å²) in [6.45, 7) is 14.0. The number of hydrogen-bond donors (Lipinski definition) is 1. The third-order valence-electron chi connectivity index (χ3n) is 10.4. The van der Waals surface area contributed by atoms with Gasteiger partial charge in [-0.1, -0.05) is 89.9 Å². The van der Waals surface area contributed by atoms with E-state index in [1.807, 2.05) is 24.3 Å². The fraction of sp³-hybridized carbons (Fsp3) is 0.161. The predicted octanol–water partition coefficient (Wildman–Crippen LogP) is 13.0. The van der Waals surface area contributed by atoms with Crippen LogP contribution in [0, 0.1) is 17.3 Å². The van der Waals surface area contributed by atoms with Crippen LogP contribution in [0.3, 0.4) is 0 Å². The summed E-state index contributed by atoms with van der Waals surface area (Å²) in [6.07, 6.45) is -0.108. The summed E-state index contributed by atoms with van der Waals surface area (Å²) in [5, 5.41) is 15.6. The van der Waals surface area contributed by atoms with Gasteiger partial charge in [0.05, 0.1) is 22.8 Å². The number of nitrogens with zero attached hydrogens (tertiary/aromatic N) is 6. The van der Waals surface area contributed by atoms with E-state index >= 15 is 0 Å². The number of allylic oxidation sites excluding steroid dienone is 1. The number of ether oxygens (including phenoxy) is 3. The Morgan fingerprint density at radius 3 is 1.40 bits per heavy atom. The van der Waals surface area contributed by atoms with Crippen molar-refractivity contribution in [2.45, 2.75) is 58.5 Å². The van der Waals surface area contributed by atoms with E-state index in [2.05, 4.69) is 139 Å². The maximum Gasteiger partial charge on any atom is 2.00 e. The first kappa shape index (κ1) is 59.0. The van der Waals surface area contributed by atoms with Gasteiger partial charge in [0.15, 0.2) is 0 Å². The summed E-state index contributed by atoms with van der Waals surface area (Å²) >= 11 is 3.70. The molecule has 0 amide bonds. The summed E-state index contributed by atoms with van der Waals surface area (Å²) in [5.41, 5.74) is 14.1. The average molecular weight is 1120 g/mol. The van der Waals surface area contributed by atoms with Gasteiger partial charge in [0.1, 0.15) is 23.0 Å². The zero-order chi connectivity index (χ0) is 54.1. The van der Waals surface area contributed by atoms with Crippen molar-refractivity contribution in [2.75, 3.05) is 4.90 Å². The minimum absolute atomic E-state index is 0. The van der Waals surface area contributed by atoms with E-state index in [-0.39, 0.29) is 59.7 Å². The van der Waals surface area contributed by atoms with Crippen molar-refractivity contribution in [3.05, 3.63) is 185 Å². The first-order valence-corrected chi connectivity index (χ1v) is 22.5. The number of isothiocyanates is 1. The number of hydrogen-bond acceptors (Lipinski definition) is 13. The number of thiocarbonyl (C=S) groups is 1. The molecule has 7 aromatic rings. The number of alkyl halides is 3. The molecule has 0 spiro atoms. The summed E-state index contributed by atoms with van der Waals surface area (Å²) < 4.78 is 52.7. The minimum Gasteiger partial charge on any atom is -0.753 e. The third-order valence-corrected chi connectivity index (χ3v) is 10.4. The molecule has 7 rings (SSSR count). The molecule has 0 fully saturated rings. The largest absolute Gasteiger partial charge is 2.00 e. The predicted molar refractivity (Wildman–Crippen MR) is 282 cm³/mol. The Morgan fingerprint density at radius 1 is 0.600 bits per heavy atom. The molecule has 382 valence electrons. The third kappa shape index (κ3) is 17.3. The van der Waals surface area contributed by atoms with E-state index < -0.39 is 17.6 Å². The van der Waals surface area contributed by atoms with E-state index in [1.54, 1.807) is 6.07 Å². The molecular weight excluding hydrogens is 1070 g/mol. The molecule has 0 aliphatic heterocycles. The number of anilines is 3. The van der Waals surface area contributed by atoms with Crippen LogP contribution in [0.1, 0.15) is 69.5 Å². The molecule has 4 aromatic heterocycles. The Hall–Kier alpha value is -8.55. The molecule has 0 bridgehead atoms. The number of rotatable bonds is 13. The molecule has 2 N–H and O–H groups in total. The van der Waals surface area contributed by atoms with Crippen LogP contribution in [0.2, 0.25) is 0 Å². The van der Waals surface area contributed by atoms with Crippen LogP contribution >= 0.6 is 12.2 Å². The van der Waals surface area contributed by atoms with Crippen molar-refractivity contribution >= 4 is 65.3 Å². The molecule has 0 saturated heterocycles. The van der Waals surface area contributed by atoms with Gasteiger partial charge in [-0.25, -0.2) is 4.98 Å². The molecule has 0 radical (unpaired) electrons. The molecule has 0 atom stereocenters. The second-order valence-corrected chi connectivity index (χ2v) is 17.9. The fourth-order valence-corrected chi connectivity index (χ4v) is 6.71. The number of nitrogens with one attached hydrogen (secondary N) is 2. The van der Waals surface area contributed by atoms with E-state index in [1.165, 1.54) is 77.3 Å². The number of benzene rings is 3. The Kier molecular flexibility index (Phi) is 21.2. The van der Waals surface area contributed by atoms with Crippen LogP contribution in [0.25, 0.3) is 39.6 Å². The topological polar surface area (TPSA) is 204 Å². The molecule has 19 heteroatoms. The van der Waals surface area contributed by atoms with Crippen molar-refractivity contribution in [3.8, 4) is 51.9 Å². The Balaban J connectivity index is 0.000000335. The van der Waals surface area contributed by atoms with Gasteiger partial charge in [-0.2, -0.15) is 18.3 Å². The smallest absolute Gasteiger partial charge is 0.753 e. The number of halogens is 3. The van der Waals surface area contributed by atoms with Crippen LogP contribution in [-0.4, -0.2) is 56.4 Å². The maximum absolute atomic E-state index is 12.7. The molecule has 4 heterocycles. The van der Waals surface area contributed by atoms with Crippen molar-refractivity contribution in [2.24, 2.45) is 0 Å². The molecule has 0 aliphatic rings. The van der Waals surface area contributed by atoms with Crippen LogP contribution in [0.5, 0.6) is 17.2 Å². The van der Waals surface area contributed by atoms with Gasteiger partial charge >= 0.3 is 25.7 Å². The summed E-state index contributed by atoms with van der Waals surface area (Å²) in [7, 11) is 0. The Bertz CT molecular complexity index is 3110. The fourth-order valence-electron chi connectivity index (χ4n) is 6.71. The van der Waals surface area contributed by atoms with Gasteiger partial charge in [-0.05, 0) is 101 Å². The minimum atomic E-state index is -4.82. The van der Waals surface area contributed by atoms with Gasteiger partial charge in [-0.3, -0.25) is 34.7 Å². The number of aromatic nitrogens is 4. The number of pyridine rings is 4. The standard InChI is InChI=1S/C37H36F3N4.C18H11N3O6.CNS.Ru/c1-35(2,3)27-11-17-30(18-12-27)44(31-19-13-28(14-20-31)36(4,5)6)29-15-9-25(10-16-29)7-8-26-21-22-43-33(23-26)32(41)24-34(42)37(38,39)40;22-9-25-12-1-3-19-15(5-12)17-7-14(27-11-24)8-18(21-17)16-6-13(26-10-23)2-4-20-16;2-1-3;/h9-24,41-42H,1-6H3;1-11H;;/q-1;;-1;+2/b32-24-,42-34?;;;. The summed E-state index contributed by atoms with van der Waals surface area (Å²) in [6, 6.07) is 37.1. The van der Waals surface area contributed by atoms with Crippen LogP contribution < -0.4 is 19.1 Å². The molecule has 3 aromatic carbocycles. The SMILES string of the molecule is CC(C)(C)c1ccc(N(c2ccc(C#Cc3ccnc(/C([NH-])=C/C(=N)C(F)(F)F)c3)cc2)c2ccc(C(C)(C)C)cc2)cc1.O=COc1ccnc(-c2cc(OC=O)cc(-c3cc(OC=O)ccn3)n2)c1.[N-]=C=S.[Ru+2]. The molecule has 0 saturated carbocycles. The van der Waals surface area contributed by atoms with Gasteiger partial charge in [0.2, 0.25) is 0 Å². The normalized spacial score (nSPS) is 10.9. The first-order valence-electron chi connectivity index (χ1n) is 22.1. The van der Waals surface area contributed by atoms with Crippen molar-refractivity contribution in [3.63, 3.8) is 0 Å². The van der Waals surface area contributed by atoms with Crippen LogP contribution in [0.15, 0.2) is 146 Å². The Labute approximate surface area is 450 Å². The molecule has 75 heavy (non-hydrogen) atoms. The first-order chi connectivity index (χ1) is 35.2. The average Bonchev–Trinajstić information content (AvgIpc) is 3.37. The zero-order valence-electron chi connectivity index (χ0n) is 41.1. The van der Waals surface area contributed by atoms with Crippen LogP contribution in [0.4, 0.5) is 30.2 Å². The maximum atomic E-state index is 12.7. The van der Waals surface area contributed by atoms with E-state index in [0.29, 0.717) is 47.4 Å². The van der Waals surface area contributed by atoms with Gasteiger partial charge in [0, 0.05) is 76.7 Å². The molecular formula is C56H47F3N8O6RuS. The summed E-state index contributed by atoms with van der Waals surface area (Å²) in [4.78, 5) is 50.8. The zero-order valence-corrected chi connectivity index (χ0v) is 43.7. The quantitative estimate of drug-likeness (QED) is 0.0377. The number of carbonyl (C=O) groups excluding carboxylic acids is 3. The molecule has 0 aliphatic carbocycles. The van der Waals surface area contributed by atoms with E-state index in [0.717, 1.165) is 22.6 Å². The second kappa shape index (κ2) is 26.9.